The number of hydrogen-bond donors (Lipinski definition) is 0. The van der Waals surface area contributed by atoms with Crippen molar-refractivity contribution in [2.24, 2.45) is 5.92 Å². The monoisotopic (exact) mass is 362 g/mol. The summed E-state index contributed by atoms with van der Waals surface area (Å²) in [6.45, 7) is 0.603. The summed E-state index contributed by atoms with van der Waals surface area (Å²) in [7, 11) is 1.15. The van der Waals surface area contributed by atoms with E-state index < -0.39 is 26.0 Å². The van der Waals surface area contributed by atoms with Crippen LogP contribution >= 0.6 is 19.3 Å². The lowest BCUT2D eigenvalue weighted by Crippen LogP contribution is -2.32. The predicted molar refractivity (Wildman–Crippen MR) is 93.8 cm³/mol. The standard InChI is InChI=1S/C15H22BFO4PS/c1-18-10-20-13-7-12(9-21-23-22-16)15(14(13)17)19-8-11-5-3-2-4-6-11/h2-6,12-16,22H,7-10H2,1H3/t12?,13?,14?,15-,22?/m1/s1/i16T,22D. The first-order chi connectivity index (χ1) is 12.2. The van der Waals surface area contributed by atoms with Crippen LogP contribution in [-0.2, 0) is 25.0 Å². The van der Waals surface area contributed by atoms with Gasteiger partial charge < -0.3 is 18.4 Å². The van der Waals surface area contributed by atoms with Crippen LogP contribution in [0.25, 0.3) is 0 Å². The Kier molecular flexibility index (Phi) is 7.55. The lowest BCUT2D eigenvalue weighted by molar-refractivity contribution is -0.104. The van der Waals surface area contributed by atoms with Crippen molar-refractivity contribution in [1.29, 1.82) is 2.61 Å². The third-order valence-electron chi connectivity index (χ3n) is 3.73. The summed E-state index contributed by atoms with van der Waals surface area (Å²) < 4.78 is 50.8. The van der Waals surface area contributed by atoms with Crippen LogP contribution < -0.4 is 0 Å². The van der Waals surface area contributed by atoms with Gasteiger partial charge in [0.2, 0.25) is 0 Å². The van der Waals surface area contributed by atoms with Crippen LogP contribution in [0.2, 0.25) is 0 Å². The topological polar surface area (TPSA) is 36.9 Å². The van der Waals surface area contributed by atoms with Crippen LogP contribution in [0.4, 0.5) is 4.39 Å². The summed E-state index contributed by atoms with van der Waals surface area (Å²) >= 11 is 0.945. The molecule has 1 radical (unpaired) electrons. The van der Waals surface area contributed by atoms with E-state index in [0.717, 1.165) is 24.8 Å². The Bertz CT molecular complexity index is 496. The summed E-state index contributed by atoms with van der Waals surface area (Å²) in [6, 6.07) is 9.60. The van der Waals surface area contributed by atoms with Gasteiger partial charge in [-0.2, -0.15) is 0 Å². The molecule has 1 aliphatic carbocycles. The van der Waals surface area contributed by atoms with E-state index in [4.69, 9.17) is 21.0 Å². The van der Waals surface area contributed by atoms with Crippen LogP contribution in [0.1, 0.15) is 12.0 Å². The number of alkyl halides is 1. The first-order valence-corrected chi connectivity index (χ1v) is 9.66. The molecule has 0 N–H and O–H groups in total. The minimum Gasteiger partial charge on any atom is -0.370 e. The van der Waals surface area contributed by atoms with E-state index in [-0.39, 0.29) is 19.3 Å². The fraction of sp³-hybridized carbons (Fsp3) is 0.600. The van der Waals surface area contributed by atoms with Crippen LogP contribution in [0.3, 0.4) is 0 Å². The van der Waals surface area contributed by atoms with Gasteiger partial charge in [0.25, 0.3) is 0 Å². The number of rotatable bonds is 11. The molecule has 1 fully saturated rings. The largest absolute Gasteiger partial charge is 0.370 e. The summed E-state index contributed by atoms with van der Waals surface area (Å²) in [5.74, 6) is -0.179. The minimum atomic E-state index is -1.39. The molecule has 1 aromatic carbocycles. The highest BCUT2D eigenvalue weighted by atomic mass is 32.7. The van der Waals surface area contributed by atoms with Crippen LogP contribution in [0.15, 0.2) is 30.3 Å². The Balaban J connectivity index is 1.91. The van der Waals surface area contributed by atoms with Crippen molar-refractivity contribution in [3.05, 3.63) is 35.9 Å². The minimum absolute atomic E-state index is 0.0324. The van der Waals surface area contributed by atoms with Gasteiger partial charge in [-0.05, 0) is 13.3 Å². The zero-order valence-corrected chi connectivity index (χ0v) is 14.7. The average molecular weight is 362 g/mol. The maximum atomic E-state index is 14.7. The van der Waals surface area contributed by atoms with Gasteiger partial charge in [0.1, 0.15) is 14.3 Å². The summed E-state index contributed by atoms with van der Waals surface area (Å²) in [4.78, 5) is 0. The van der Waals surface area contributed by atoms with Gasteiger partial charge in [-0.15, -0.1) is 0 Å². The van der Waals surface area contributed by atoms with Gasteiger partial charge >= 0.3 is 0 Å². The number of methoxy groups -OCH3 is 1. The smallest absolute Gasteiger partial charge is 0.153 e. The van der Waals surface area contributed by atoms with Gasteiger partial charge in [0.15, 0.2) is 6.17 Å². The molecule has 4 nitrogen and oxygen atoms in total. The zero-order chi connectivity index (χ0) is 18.1. The van der Waals surface area contributed by atoms with Crippen molar-refractivity contribution < 1.29 is 22.8 Å². The zero-order valence-electron chi connectivity index (χ0n) is 15.0. The number of benzene rings is 1. The second-order valence-corrected chi connectivity index (χ2v) is 6.95. The van der Waals surface area contributed by atoms with Crippen LogP contribution in [-0.4, -0.2) is 49.0 Å². The van der Waals surface area contributed by atoms with Gasteiger partial charge in [0, 0.05) is 24.7 Å². The average Bonchev–Trinajstić information content (AvgIpc) is 2.94. The molecule has 1 saturated carbocycles. The van der Waals surface area contributed by atoms with Crippen molar-refractivity contribution >= 4 is 26.8 Å². The second kappa shape index (κ2) is 10.6. The molecule has 127 valence electrons. The van der Waals surface area contributed by atoms with Crippen molar-refractivity contribution in [3.8, 4) is 0 Å². The van der Waals surface area contributed by atoms with E-state index in [9.17, 15) is 4.39 Å². The number of hydrogen-bond acceptors (Lipinski definition) is 5. The van der Waals surface area contributed by atoms with E-state index in [1.165, 1.54) is 7.11 Å². The Morgan fingerprint density at radius 2 is 2.30 bits per heavy atom. The Morgan fingerprint density at radius 3 is 3.04 bits per heavy atom. The molecule has 0 amide bonds. The highest BCUT2D eigenvalue weighted by molar-refractivity contribution is 8.53. The van der Waals surface area contributed by atoms with Crippen molar-refractivity contribution in [2.45, 2.75) is 31.4 Å². The van der Waals surface area contributed by atoms with Gasteiger partial charge in [0.05, 0.1) is 26.7 Å². The molecule has 8 heteroatoms. The molecule has 2 rings (SSSR count). The van der Waals surface area contributed by atoms with E-state index in [1.807, 2.05) is 30.3 Å². The molecule has 5 atom stereocenters. The van der Waals surface area contributed by atoms with E-state index in [2.05, 4.69) is 0 Å². The number of halogens is 1. The van der Waals surface area contributed by atoms with E-state index >= 15 is 0 Å². The predicted octanol–water partition coefficient (Wildman–Crippen LogP) is 2.99. The quantitative estimate of drug-likeness (QED) is 0.262. The molecule has 1 aliphatic rings. The summed E-state index contributed by atoms with van der Waals surface area (Å²) in [5.41, 5.74) is 0.975. The summed E-state index contributed by atoms with van der Waals surface area (Å²) in [5, 5.41) is 0. The van der Waals surface area contributed by atoms with Crippen molar-refractivity contribution in [2.75, 3.05) is 20.5 Å². The highest BCUT2D eigenvalue weighted by Crippen LogP contribution is 2.36. The first-order valence-electron chi connectivity index (χ1n) is 8.37. The van der Waals surface area contributed by atoms with Gasteiger partial charge in [-0.1, -0.05) is 37.9 Å². The fourth-order valence-electron chi connectivity index (χ4n) is 2.66. The third kappa shape index (κ3) is 6.00. The second-order valence-electron chi connectivity index (χ2n) is 5.28. The van der Waals surface area contributed by atoms with Crippen molar-refractivity contribution in [3.63, 3.8) is 0 Å². The highest BCUT2D eigenvalue weighted by Gasteiger charge is 2.45. The molecule has 0 spiro atoms. The normalized spacial score (nSPS) is 29.8. The molecule has 23 heavy (non-hydrogen) atoms. The van der Waals surface area contributed by atoms with Gasteiger partial charge in [-0.3, -0.25) is 0 Å². The molecule has 1 aromatic rings. The first kappa shape index (κ1) is 16.3. The molecule has 0 saturated heterocycles. The van der Waals surface area contributed by atoms with Gasteiger partial charge in [-0.25, -0.2) is 4.39 Å². The fourth-order valence-corrected chi connectivity index (χ4v) is 3.32. The molecule has 0 bridgehead atoms. The third-order valence-corrected chi connectivity index (χ3v) is 4.63. The molecular weight excluding hydrogens is 337 g/mol. The lowest BCUT2D eigenvalue weighted by Gasteiger charge is -2.21. The molecule has 4 unspecified atom stereocenters. The molecule has 0 aromatic heterocycles. The lowest BCUT2D eigenvalue weighted by atomic mass is 10.1. The SMILES string of the molecule is [2H]P([B][3H])SOCC1CC(OCOC)C(F)[C@@H]1OCc1ccccc1. The summed E-state index contributed by atoms with van der Waals surface area (Å²) in [6.07, 6.45) is -2.04. The molecule has 0 aliphatic heterocycles. The number of ether oxygens (including phenoxy) is 3. The Labute approximate surface area is 146 Å². The molecule has 0 heterocycles. The Hall–Kier alpha value is -0.165. The maximum absolute atomic E-state index is 14.7. The maximum Gasteiger partial charge on any atom is 0.153 e. The van der Waals surface area contributed by atoms with Crippen LogP contribution in [0, 0.1) is 5.92 Å². The van der Waals surface area contributed by atoms with E-state index in [1.54, 1.807) is 0 Å². The molecular formula is C15H22BFO4PS. The Morgan fingerprint density at radius 1 is 1.48 bits per heavy atom. The van der Waals surface area contributed by atoms with Crippen molar-refractivity contribution in [1.82, 2.24) is 0 Å². The van der Waals surface area contributed by atoms with Crippen LogP contribution in [0.5, 0.6) is 0 Å². The van der Waals surface area contributed by atoms with E-state index in [0.29, 0.717) is 13.0 Å².